The molecule has 8 atom stereocenters. The van der Waals surface area contributed by atoms with Gasteiger partial charge in [0.25, 0.3) is 0 Å². The molecule has 2 heterocycles. The van der Waals surface area contributed by atoms with Crippen molar-refractivity contribution in [3.8, 4) is 0 Å². The molecule has 0 amide bonds. The van der Waals surface area contributed by atoms with Crippen LogP contribution in [0.5, 0.6) is 0 Å². The molecule has 9 heteroatoms. The second kappa shape index (κ2) is 8.06. The molecule has 9 nitrogen and oxygen atoms in total. The van der Waals surface area contributed by atoms with Gasteiger partial charge in [0.1, 0.15) is 36.6 Å². The third-order valence-electron chi connectivity index (χ3n) is 8.00. The molecule has 0 aromatic carbocycles. The fraction of sp³-hybridized carbons (Fsp3) is 0.792. The minimum atomic E-state index is -1.11. The van der Waals surface area contributed by atoms with Crippen LogP contribution in [0.25, 0.3) is 0 Å². The number of esters is 3. The first-order chi connectivity index (χ1) is 15.4. The zero-order valence-electron chi connectivity index (χ0n) is 20.1. The summed E-state index contributed by atoms with van der Waals surface area (Å²) in [6.07, 6.45) is -1.46. The molecular weight excluding hydrogens is 432 g/mol. The molecule has 0 radical (unpaired) electrons. The lowest BCUT2D eigenvalue weighted by molar-refractivity contribution is -0.241. The third-order valence-corrected chi connectivity index (χ3v) is 8.00. The number of hydrogen-bond acceptors (Lipinski definition) is 9. The van der Waals surface area contributed by atoms with Crippen molar-refractivity contribution in [3.05, 3.63) is 11.6 Å². The molecule has 3 fully saturated rings. The van der Waals surface area contributed by atoms with Crippen molar-refractivity contribution in [1.29, 1.82) is 0 Å². The first kappa shape index (κ1) is 24.2. The largest absolute Gasteiger partial charge is 0.465 e. The summed E-state index contributed by atoms with van der Waals surface area (Å²) in [4.78, 5) is 36.4. The molecule has 184 valence electrons. The Bertz CT molecular complexity index is 875. The van der Waals surface area contributed by atoms with Crippen LogP contribution in [-0.2, 0) is 38.1 Å². The summed E-state index contributed by atoms with van der Waals surface area (Å²) >= 11 is 0. The van der Waals surface area contributed by atoms with E-state index in [-0.39, 0.29) is 31.3 Å². The first-order valence-electron chi connectivity index (χ1n) is 11.5. The number of carbonyl (C=O) groups excluding carboxylic acids is 3. The Kier molecular flexibility index (Phi) is 5.90. The van der Waals surface area contributed by atoms with Gasteiger partial charge >= 0.3 is 17.9 Å². The Morgan fingerprint density at radius 1 is 1.21 bits per heavy atom. The van der Waals surface area contributed by atoms with E-state index in [1.165, 1.54) is 13.8 Å². The summed E-state index contributed by atoms with van der Waals surface area (Å²) in [6, 6.07) is 0. The van der Waals surface area contributed by atoms with Gasteiger partial charge in [-0.15, -0.1) is 0 Å². The summed E-state index contributed by atoms with van der Waals surface area (Å²) in [7, 11) is 0. The highest BCUT2D eigenvalue weighted by atomic mass is 16.7. The van der Waals surface area contributed by atoms with Crippen molar-refractivity contribution < 1.29 is 43.2 Å². The minimum Gasteiger partial charge on any atom is -0.465 e. The topological polar surface area (TPSA) is 121 Å². The predicted molar refractivity (Wildman–Crippen MR) is 114 cm³/mol. The molecule has 2 saturated heterocycles. The Hall–Kier alpha value is -1.97. The minimum absolute atomic E-state index is 0.0617. The lowest BCUT2D eigenvalue weighted by Crippen LogP contribution is -2.68. The second-order valence-electron chi connectivity index (χ2n) is 10.5. The van der Waals surface area contributed by atoms with Crippen LogP contribution in [0.1, 0.15) is 54.4 Å². The van der Waals surface area contributed by atoms with Crippen molar-refractivity contribution in [3.63, 3.8) is 0 Å². The Morgan fingerprint density at radius 2 is 1.88 bits per heavy atom. The van der Waals surface area contributed by atoms with Crippen molar-refractivity contribution in [2.75, 3.05) is 13.2 Å². The Morgan fingerprint density at radius 3 is 2.42 bits per heavy atom. The van der Waals surface area contributed by atoms with E-state index >= 15 is 0 Å². The van der Waals surface area contributed by atoms with E-state index in [0.717, 1.165) is 5.57 Å². The molecule has 4 aliphatic rings. The molecular formula is C24H34O9. The van der Waals surface area contributed by atoms with E-state index in [1.54, 1.807) is 0 Å². The van der Waals surface area contributed by atoms with Crippen molar-refractivity contribution in [1.82, 2.24) is 0 Å². The molecule has 2 aliphatic carbocycles. The zero-order valence-corrected chi connectivity index (χ0v) is 20.1. The number of aliphatic hydroxyl groups is 1. The highest BCUT2D eigenvalue weighted by Crippen LogP contribution is 2.72. The number of rotatable bonds is 6. The predicted octanol–water partition coefficient (Wildman–Crippen LogP) is 1.69. The molecule has 2 bridgehead atoms. The average Bonchev–Trinajstić information content (AvgIpc) is 3.48. The standard InChI is InChI=1S/C24H34O9/c1-12(2)7-18(27)32-16-9-23(10-29-14(4)25)17(8-13(16)3)33-21-19(28)20(31-15(5)26)22(23,6)24(21)11-30-24/h8,12,16-17,19-21,28H,7,9-11H2,1-6H3/t16?,17?,19?,20?,21?,22-,23-,24+/m1/s1. The van der Waals surface area contributed by atoms with Gasteiger partial charge in [0.05, 0.1) is 23.5 Å². The van der Waals surface area contributed by atoms with Crippen LogP contribution in [0.3, 0.4) is 0 Å². The summed E-state index contributed by atoms with van der Waals surface area (Å²) in [5, 5.41) is 11.2. The van der Waals surface area contributed by atoms with E-state index in [1.807, 2.05) is 33.8 Å². The summed E-state index contributed by atoms with van der Waals surface area (Å²) in [5.74, 6) is -1.18. The molecule has 4 rings (SSSR count). The van der Waals surface area contributed by atoms with Gasteiger partial charge in [-0.2, -0.15) is 0 Å². The molecule has 5 unspecified atom stereocenters. The van der Waals surface area contributed by atoms with Gasteiger partial charge in [-0.25, -0.2) is 0 Å². The van der Waals surface area contributed by atoms with Gasteiger partial charge in [-0.3, -0.25) is 14.4 Å². The van der Waals surface area contributed by atoms with Crippen LogP contribution in [-0.4, -0.2) is 72.3 Å². The Labute approximate surface area is 193 Å². The van der Waals surface area contributed by atoms with E-state index in [9.17, 15) is 19.5 Å². The van der Waals surface area contributed by atoms with Crippen LogP contribution >= 0.6 is 0 Å². The average molecular weight is 467 g/mol. The van der Waals surface area contributed by atoms with Gasteiger partial charge in [-0.05, 0) is 18.4 Å². The molecule has 0 aromatic rings. The number of epoxide rings is 1. The van der Waals surface area contributed by atoms with E-state index in [4.69, 9.17) is 23.7 Å². The maximum absolute atomic E-state index is 12.5. The lowest BCUT2D eigenvalue weighted by Gasteiger charge is -2.58. The van der Waals surface area contributed by atoms with Crippen molar-refractivity contribution >= 4 is 17.9 Å². The quantitative estimate of drug-likeness (QED) is 0.270. The summed E-state index contributed by atoms with van der Waals surface area (Å²) < 4.78 is 29.4. The fourth-order valence-corrected chi connectivity index (χ4v) is 6.26. The van der Waals surface area contributed by atoms with Crippen LogP contribution in [0.4, 0.5) is 0 Å². The molecule has 33 heavy (non-hydrogen) atoms. The van der Waals surface area contributed by atoms with Crippen molar-refractivity contribution in [2.45, 2.75) is 90.5 Å². The molecule has 2 aliphatic heterocycles. The smallest absolute Gasteiger partial charge is 0.306 e. The zero-order chi connectivity index (χ0) is 24.3. The number of hydrogen-bond donors (Lipinski definition) is 1. The normalized spacial score (nSPS) is 43.0. The van der Waals surface area contributed by atoms with Crippen LogP contribution < -0.4 is 0 Å². The number of carbonyl (C=O) groups is 3. The van der Waals surface area contributed by atoms with Gasteiger partial charge in [-0.1, -0.05) is 26.8 Å². The van der Waals surface area contributed by atoms with E-state index in [2.05, 4.69) is 0 Å². The van der Waals surface area contributed by atoms with Gasteiger partial charge in [0.2, 0.25) is 0 Å². The Balaban J connectivity index is 1.79. The highest BCUT2D eigenvalue weighted by Gasteiger charge is 2.86. The molecule has 0 aromatic heterocycles. The van der Waals surface area contributed by atoms with Gasteiger partial charge in [0, 0.05) is 26.7 Å². The third kappa shape index (κ3) is 3.51. The van der Waals surface area contributed by atoms with Gasteiger partial charge in [0.15, 0.2) is 0 Å². The molecule has 1 N–H and O–H groups in total. The lowest BCUT2D eigenvalue weighted by atomic mass is 9.51. The maximum Gasteiger partial charge on any atom is 0.306 e. The maximum atomic E-state index is 12.5. The second-order valence-corrected chi connectivity index (χ2v) is 10.5. The van der Waals surface area contributed by atoms with Crippen LogP contribution in [0.15, 0.2) is 11.6 Å². The summed E-state index contributed by atoms with van der Waals surface area (Å²) in [6.45, 7) is 10.5. The summed E-state index contributed by atoms with van der Waals surface area (Å²) in [5.41, 5.74) is -2.00. The highest BCUT2D eigenvalue weighted by molar-refractivity contribution is 5.70. The van der Waals surface area contributed by atoms with Crippen LogP contribution in [0.2, 0.25) is 0 Å². The fourth-order valence-electron chi connectivity index (χ4n) is 6.26. The molecule has 1 saturated carbocycles. The van der Waals surface area contributed by atoms with Crippen molar-refractivity contribution in [2.24, 2.45) is 16.7 Å². The monoisotopic (exact) mass is 466 g/mol. The number of ether oxygens (including phenoxy) is 5. The van der Waals surface area contributed by atoms with E-state index < -0.39 is 58.9 Å². The molecule has 1 spiro atoms. The number of aliphatic hydroxyl groups excluding tert-OH is 1. The van der Waals surface area contributed by atoms with Gasteiger partial charge < -0.3 is 28.8 Å². The SMILES string of the molecule is CC(=O)OC[C@]12CC(OC(=O)CC(C)C)C(C)=CC1OC1C(O)C(OC(C)=O)[C@@]2(C)[C@]12CO2. The van der Waals surface area contributed by atoms with Crippen LogP contribution in [0, 0.1) is 16.7 Å². The number of fused-ring (bicyclic) bond motifs is 2. The first-order valence-corrected chi connectivity index (χ1v) is 11.5. The van der Waals surface area contributed by atoms with E-state index in [0.29, 0.717) is 6.61 Å².